The van der Waals surface area contributed by atoms with Crippen LogP contribution in [0.1, 0.15) is 30.9 Å². The molecule has 0 saturated heterocycles. The largest absolute Gasteiger partial charge is 0.444 e. The molecule has 1 aromatic carbocycles. The van der Waals surface area contributed by atoms with Crippen molar-refractivity contribution in [1.29, 1.82) is 0 Å². The Kier molecular flexibility index (Phi) is 5.64. The lowest BCUT2D eigenvalue weighted by atomic mass is 9.44. The average Bonchev–Trinajstić information content (AvgIpc) is 3.60. The van der Waals surface area contributed by atoms with Gasteiger partial charge in [0.05, 0.1) is 18.7 Å². The lowest BCUT2D eigenvalue weighted by molar-refractivity contribution is -0.136. The number of nitrogens with one attached hydrogen (secondary N) is 3. The highest BCUT2D eigenvalue weighted by Crippen LogP contribution is 2.61. The number of hydrogen-bond acceptors (Lipinski definition) is 8. The molecule has 0 spiro atoms. The number of H-pyrrole nitrogens is 1. The number of aromatic nitrogens is 5. The number of carbonyl (C=O) groups is 2. The molecule has 37 heavy (non-hydrogen) atoms. The molecule has 3 aromatic heterocycles. The Morgan fingerprint density at radius 2 is 1.78 bits per heavy atom. The Morgan fingerprint density at radius 3 is 2.41 bits per heavy atom. The zero-order valence-corrected chi connectivity index (χ0v) is 20.4. The Hall–Kier alpha value is -4.25. The van der Waals surface area contributed by atoms with Crippen LogP contribution < -0.4 is 15.5 Å². The van der Waals surface area contributed by atoms with Crippen LogP contribution in [0.3, 0.4) is 0 Å². The van der Waals surface area contributed by atoms with Crippen LogP contribution in [0.25, 0.3) is 11.3 Å². The second kappa shape index (κ2) is 9.00. The molecule has 3 heterocycles. The van der Waals surface area contributed by atoms with Gasteiger partial charge >= 0.3 is 0 Å². The van der Waals surface area contributed by atoms with Crippen molar-refractivity contribution in [1.82, 2.24) is 30.2 Å². The fourth-order valence-electron chi connectivity index (χ4n) is 5.51. The Labute approximate surface area is 216 Å². The van der Waals surface area contributed by atoms with Gasteiger partial charge in [0.2, 0.25) is 11.8 Å². The Morgan fingerprint density at radius 1 is 1.03 bits per heavy atom. The van der Waals surface area contributed by atoms with Gasteiger partial charge in [-0.2, -0.15) is 0 Å². The Balaban J connectivity index is 1.26. The number of anilines is 2. The van der Waals surface area contributed by atoms with Crippen molar-refractivity contribution >= 4 is 34.9 Å². The zero-order chi connectivity index (χ0) is 25.5. The number of benzene rings is 1. The monoisotopic (exact) mass is 518 g/mol. The van der Waals surface area contributed by atoms with E-state index in [-0.39, 0.29) is 22.9 Å². The van der Waals surface area contributed by atoms with Crippen LogP contribution in [0, 0.1) is 0 Å². The van der Waals surface area contributed by atoms with Crippen molar-refractivity contribution in [2.75, 3.05) is 16.1 Å². The van der Waals surface area contributed by atoms with E-state index in [1.807, 2.05) is 0 Å². The maximum Gasteiger partial charge on any atom is 0.248 e. The van der Waals surface area contributed by atoms with Gasteiger partial charge in [-0.15, -0.1) is 11.6 Å². The van der Waals surface area contributed by atoms with Crippen molar-refractivity contribution in [3.05, 3.63) is 73.7 Å². The molecular formula is C25H23ClN8O3. The second-order valence-corrected chi connectivity index (χ2v) is 9.82. The van der Waals surface area contributed by atoms with Gasteiger partial charge in [-0.25, -0.2) is 19.9 Å². The highest BCUT2D eigenvalue weighted by molar-refractivity contribution is 6.29. The van der Waals surface area contributed by atoms with E-state index >= 15 is 0 Å². The molecule has 3 N–H and O–H groups in total. The van der Waals surface area contributed by atoms with Crippen LogP contribution in [0.5, 0.6) is 0 Å². The van der Waals surface area contributed by atoms with E-state index in [4.69, 9.17) is 16.0 Å². The molecule has 3 aliphatic rings. The molecule has 1 atom stereocenters. The number of oxazole rings is 1. The van der Waals surface area contributed by atoms with Crippen molar-refractivity contribution in [2.24, 2.45) is 0 Å². The van der Waals surface area contributed by atoms with Crippen molar-refractivity contribution < 1.29 is 14.0 Å². The van der Waals surface area contributed by atoms with E-state index in [0.29, 0.717) is 17.0 Å². The van der Waals surface area contributed by atoms with E-state index in [2.05, 4.69) is 35.6 Å². The molecule has 2 bridgehead atoms. The lowest BCUT2D eigenvalue weighted by Crippen LogP contribution is -2.81. The van der Waals surface area contributed by atoms with Gasteiger partial charge in [-0.3, -0.25) is 14.5 Å². The number of imidazole rings is 1. The minimum atomic E-state index is -1.01. The number of nitrogens with zero attached hydrogens (tertiary/aromatic N) is 5. The molecule has 2 amide bonds. The third-order valence-electron chi connectivity index (χ3n) is 6.96. The van der Waals surface area contributed by atoms with E-state index in [0.717, 1.165) is 30.6 Å². The van der Waals surface area contributed by atoms with E-state index in [1.165, 1.54) is 30.0 Å². The standard InChI is InChI=1S/C25H23ClN8O3/c26-5-21(35)34(18-3-1-16(2-4-18)19-8-30-15-37-19)22(17-6-27-13-28-7-17)23(36)33-25-10-24(11-25,12-25)32-20-9-29-14-31-20/h1-4,6-9,13-15,22,32H,5,10-12H2,(H,29,31)(H,33,36). The zero-order valence-electron chi connectivity index (χ0n) is 19.6. The molecule has 0 aliphatic heterocycles. The normalized spacial score (nSPS) is 22.3. The highest BCUT2D eigenvalue weighted by atomic mass is 35.5. The summed E-state index contributed by atoms with van der Waals surface area (Å²) in [5.74, 6) is 0.403. The smallest absolute Gasteiger partial charge is 0.248 e. The summed E-state index contributed by atoms with van der Waals surface area (Å²) >= 11 is 6.02. The van der Waals surface area contributed by atoms with Crippen LogP contribution in [-0.4, -0.2) is 53.7 Å². The molecule has 7 rings (SSSR count). The van der Waals surface area contributed by atoms with Crippen molar-refractivity contribution in [3.63, 3.8) is 0 Å². The molecule has 4 aromatic rings. The molecule has 3 saturated carbocycles. The minimum Gasteiger partial charge on any atom is -0.444 e. The summed E-state index contributed by atoms with van der Waals surface area (Å²) < 4.78 is 5.36. The molecule has 0 radical (unpaired) electrons. The molecule has 3 fully saturated rings. The number of rotatable bonds is 9. The predicted molar refractivity (Wildman–Crippen MR) is 135 cm³/mol. The van der Waals surface area contributed by atoms with Gasteiger partial charge < -0.3 is 20.0 Å². The maximum absolute atomic E-state index is 13.8. The molecule has 12 heteroatoms. The van der Waals surface area contributed by atoms with E-state index in [9.17, 15) is 9.59 Å². The molecule has 11 nitrogen and oxygen atoms in total. The number of amides is 2. The molecule has 3 aliphatic carbocycles. The fourth-order valence-corrected chi connectivity index (χ4v) is 5.64. The van der Waals surface area contributed by atoms with Gasteiger partial charge in [-0.05, 0) is 43.5 Å². The van der Waals surface area contributed by atoms with Crippen molar-refractivity contribution in [2.45, 2.75) is 36.4 Å². The topological polar surface area (TPSA) is 142 Å². The number of aromatic amines is 1. The first kappa shape index (κ1) is 23.2. The number of halogens is 1. The first-order valence-electron chi connectivity index (χ1n) is 11.7. The number of alkyl halides is 1. The van der Waals surface area contributed by atoms with Crippen molar-refractivity contribution in [3.8, 4) is 11.3 Å². The van der Waals surface area contributed by atoms with Crippen LogP contribution in [0.15, 0.2) is 72.5 Å². The quantitative estimate of drug-likeness (QED) is 0.287. The van der Waals surface area contributed by atoms with Gasteiger partial charge in [0.1, 0.15) is 24.1 Å². The predicted octanol–water partition coefficient (Wildman–Crippen LogP) is 3.07. The van der Waals surface area contributed by atoms with Crippen LogP contribution >= 0.6 is 11.6 Å². The average molecular weight is 519 g/mol. The summed E-state index contributed by atoms with van der Waals surface area (Å²) in [7, 11) is 0. The second-order valence-electron chi connectivity index (χ2n) is 9.55. The maximum atomic E-state index is 13.8. The summed E-state index contributed by atoms with van der Waals surface area (Å²) in [5, 5.41) is 6.67. The van der Waals surface area contributed by atoms with Gasteiger partial charge in [0, 0.05) is 40.3 Å². The first-order chi connectivity index (χ1) is 18.0. The minimum absolute atomic E-state index is 0.0622. The third kappa shape index (κ3) is 4.20. The number of hydrogen-bond donors (Lipinski definition) is 3. The summed E-state index contributed by atoms with van der Waals surface area (Å²) in [6, 6.07) is 6.08. The van der Waals surface area contributed by atoms with Crippen LogP contribution in [-0.2, 0) is 9.59 Å². The highest BCUT2D eigenvalue weighted by Gasteiger charge is 2.69. The Bertz CT molecular complexity index is 1370. The summed E-state index contributed by atoms with van der Waals surface area (Å²) in [4.78, 5) is 47.6. The van der Waals surface area contributed by atoms with Crippen LogP contribution in [0.4, 0.5) is 11.5 Å². The summed E-state index contributed by atoms with van der Waals surface area (Å²) in [6.45, 7) is 0. The van der Waals surface area contributed by atoms with Gasteiger partial charge in [-0.1, -0.05) is 0 Å². The molecular weight excluding hydrogens is 496 g/mol. The van der Waals surface area contributed by atoms with Crippen LogP contribution in [0.2, 0.25) is 0 Å². The van der Waals surface area contributed by atoms with E-state index < -0.39 is 11.9 Å². The molecule has 1 unspecified atom stereocenters. The van der Waals surface area contributed by atoms with Gasteiger partial charge in [0.15, 0.2) is 12.2 Å². The van der Waals surface area contributed by atoms with Gasteiger partial charge in [0.25, 0.3) is 0 Å². The third-order valence-corrected chi connectivity index (χ3v) is 7.19. The van der Waals surface area contributed by atoms with E-state index in [1.54, 1.807) is 43.0 Å². The number of carbonyl (C=O) groups excluding carboxylic acids is 2. The fraction of sp³-hybridized carbons (Fsp3) is 0.280. The molecule has 188 valence electrons. The SMILES string of the molecule is O=C(NC12CC(Nc3cnc[nH]3)(C1)C2)C(c1cncnc1)N(C(=O)CCl)c1ccc(-c2cnco2)cc1. The summed E-state index contributed by atoms with van der Waals surface area (Å²) in [5.41, 5.74) is 1.38. The summed E-state index contributed by atoms with van der Waals surface area (Å²) in [6.07, 6.45) is 13.1. The lowest BCUT2D eigenvalue weighted by Gasteiger charge is -2.70. The first-order valence-corrected chi connectivity index (χ1v) is 12.2.